The van der Waals surface area contributed by atoms with Crippen LogP contribution in [0.1, 0.15) is 0 Å². The number of nitrogens with zero attached hydrogens (tertiary/aromatic N) is 3. The van der Waals surface area contributed by atoms with E-state index in [4.69, 9.17) is 10.5 Å². The Balaban J connectivity index is 1.38. The highest BCUT2D eigenvalue weighted by Crippen LogP contribution is 2.38. The molecule has 3 saturated heterocycles. The number of nitrogens with one attached hydrogen (secondary N) is 5. The number of guanidine groups is 1. The third-order valence-electron chi connectivity index (χ3n) is 6.31. The number of nitrogens with two attached hydrogens (primary N) is 1. The van der Waals surface area contributed by atoms with Gasteiger partial charge in [0.1, 0.15) is 12.0 Å². The van der Waals surface area contributed by atoms with Crippen LogP contribution in [0.5, 0.6) is 0 Å². The average molecular weight is 490 g/mol. The molecule has 3 fully saturated rings. The quantitative estimate of drug-likeness (QED) is 0.283. The Bertz CT molecular complexity index is 824. The molecule has 5 aliphatic heterocycles. The molecule has 0 aromatic heterocycles. The van der Waals surface area contributed by atoms with Crippen molar-refractivity contribution in [3.8, 4) is 0 Å². The fraction of sp³-hybridized carbons (Fsp3) is 0.737. The highest BCUT2D eigenvalue weighted by molar-refractivity contribution is 8.04. The Morgan fingerprint density at radius 1 is 1.12 bits per heavy atom. The molecule has 33 heavy (non-hydrogen) atoms. The zero-order chi connectivity index (χ0) is 23.0. The van der Waals surface area contributed by atoms with Gasteiger partial charge in [0.15, 0.2) is 12.0 Å². The summed E-state index contributed by atoms with van der Waals surface area (Å²) >= 11 is 1.74. The summed E-state index contributed by atoms with van der Waals surface area (Å²) in [6, 6.07) is -2.01. The van der Waals surface area contributed by atoms with Crippen LogP contribution >= 0.6 is 11.8 Å². The van der Waals surface area contributed by atoms with Crippen molar-refractivity contribution in [3.05, 3.63) is 22.5 Å². The van der Waals surface area contributed by atoms with E-state index in [1.54, 1.807) is 11.8 Å². The van der Waals surface area contributed by atoms with Crippen molar-refractivity contribution in [1.82, 2.24) is 36.4 Å². The van der Waals surface area contributed by atoms with Crippen LogP contribution in [-0.4, -0.2) is 105 Å². The smallest absolute Gasteiger partial charge is 0.378 e. The van der Waals surface area contributed by atoms with Crippen molar-refractivity contribution in [1.29, 1.82) is 0 Å². The number of ether oxygens (including phenoxy) is 1. The minimum atomic E-state index is -4.55. The monoisotopic (exact) mass is 489 g/mol. The number of aliphatic imine (C=N–C) groups is 1. The van der Waals surface area contributed by atoms with Crippen LogP contribution in [0.25, 0.3) is 0 Å². The van der Waals surface area contributed by atoms with Crippen molar-refractivity contribution in [2.24, 2.45) is 10.7 Å². The summed E-state index contributed by atoms with van der Waals surface area (Å²) in [7, 11) is 0. The predicted octanol–water partition coefficient (Wildman–Crippen LogP) is -1.37. The zero-order valence-electron chi connectivity index (χ0n) is 18.1. The van der Waals surface area contributed by atoms with E-state index in [0.29, 0.717) is 26.3 Å². The van der Waals surface area contributed by atoms with Gasteiger partial charge in [-0.2, -0.15) is 13.2 Å². The molecular formula is C19H30F3N9OS. The van der Waals surface area contributed by atoms with Crippen LogP contribution in [0.4, 0.5) is 13.2 Å². The predicted molar refractivity (Wildman–Crippen MR) is 120 cm³/mol. The average Bonchev–Trinajstić information content (AvgIpc) is 3.21. The Labute approximate surface area is 194 Å². The lowest BCUT2D eigenvalue weighted by molar-refractivity contribution is -0.140. The molecule has 14 heteroatoms. The lowest BCUT2D eigenvalue weighted by Gasteiger charge is -2.41. The van der Waals surface area contributed by atoms with Crippen LogP contribution in [-0.2, 0) is 4.74 Å². The minimum Gasteiger partial charge on any atom is -0.378 e. The standard InChI is InChI=1S/C19H30F3N9OS/c20-19(21,22)14-11(9-25-18(23)27-14)15-28-16-13(17(29-15)31-5-7-32-8-6-31)33-12(26-16)10-30-3-1-24-2-4-30/h9,12,14-16,24,26,28-29H,1-8,10H2,(H3,23,25,27). The number of piperazine rings is 1. The van der Waals surface area contributed by atoms with Gasteiger partial charge in [-0.1, -0.05) is 0 Å². The number of alkyl halides is 3. The van der Waals surface area contributed by atoms with Gasteiger partial charge in [-0.15, -0.1) is 11.8 Å². The first kappa shape index (κ1) is 23.1. The summed E-state index contributed by atoms with van der Waals surface area (Å²) in [5, 5.41) is 16.4. The summed E-state index contributed by atoms with van der Waals surface area (Å²) in [5.41, 5.74) is 5.60. The summed E-state index contributed by atoms with van der Waals surface area (Å²) in [4.78, 5) is 9.29. The van der Waals surface area contributed by atoms with Gasteiger partial charge in [-0.3, -0.25) is 15.5 Å². The van der Waals surface area contributed by atoms with Gasteiger partial charge in [-0.25, -0.2) is 4.99 Å². The summed E-state index contributed by atoms with van der Waals surface area (Å²) in [5.74, 6) is 0.615. The van der Waals surface area contributed by atoms with Gasteiger partial charge in [-0.05, 0) is 0 Å². The van der Waals surface area contributed by atoms with E-state index in [0.717, 1.165) is 43.4 Å². The Hall–Kier alpha value is -1.71. The van der Waals surface area contributed by atoms with Crippen LogP contribution < -0.4 is 32.3 Å². The fourth-order valence-electron chi connectivity index (χ4n) is 4.67. The molecule has 4 atom stereocenters. The van der Waals surface area contributed by atoms with Crippen molar-refractivity contribution in [2.45, 2.75) is 29.9 Å². The van der Waals surface area contributed by atoms with E-state index in [2.05, 4.69) is 41.4 Å². The van der Waals surface area contributed by atoms with Crippen LogP contribution in [0.2, 0.25) is 0 Å². The Morgan fingerprint density at radius 3 is 2.61 bits per heavy atom. The molecule has 10 nitrogen and oxygen atoms in total. The lowest BCUT2D eigenvalue weighted by atomic mass is 10.0. The van der Waals surface area contributed by atoms with Gasteiger partial charge in [0.25, 0.3) is 0 Å². The number of thioether (sulfide) groups is 1. The molecule has 0 bridgehead atoms. The SMILES string of the molecule is NC1=NC(C(F)(F)F)C(C2NC(N3CCOCC3)=C3SC(CN4CCNCC4)NC3N2)=CN1. The van der Waals surface area contributed by atoms with Crippen molar-refractivity contribution in [3.63, 3.8) is 0 Å². The zero-order valence-corrected chi connectivity index (χ0v) is 18.9. The van der Waals surface area contributed by atoms with Gasteiger partial charge in [0.05, 0.1) is 29.7 Å². The van der Waals surface area contributed by atoms with E-state index in [9.17, 15) is 13.2 Å². The molecule has 5 rings (SSSR count). The summed E-state index contributed by atoms with van der Waals surface area (Å²) in [6.07, 6.45) is -4.26. The molecule has 0 amide bonds. The molecule has 0 aliphatic carbocycles. The van der Waals surface area contributed by atoms with Gasteiger partial charge in [0.2, 0.25) is 0 Å². The normalized spacial score (nSPS) is 33.7. The number of hydrogen-bond acceptors (Lipinski definition) is 11. The third-order valence-corrected chi connectivity index (χ3v) is 7.56. The molecule has 0 saturated carbocycles. The minimum absolute atomic E-state index is 0.0545. The number of hydrogen-bond donors (Lipinski definition) is 6. The maximum atomic E-state index is 13.8. The molecule has 0 aromatic rings. The Kier molecular flexibility index (Phi) is 6.64. The molecule has 0 spiro atoms. The summed E-state index contributed by atoms with van der Waals surface area (Å²) in [6.45, 7) is 7.29. The first-order valence-electron chi connectivity index (χ1n) is 11.2. The molecular weight excluding hydrogens is 459 g/mol. The molecule has 4 unspecified atom stereocenters. The summed E-state index contributed by atoms with van der Waals surface area (Å²) < 4.78 is 46.9. The van der Waals surface area contributed by atoms with Gasteiger partial charge < -0.3 is 31.3 Å². The van der Waals surface area contributed by atoms with Crippen molar-refractivity contribution < 1.29 is 17.9 Å². The number of halogens is 3. The van der Waals surface area contributed by atoms with Crippen LogP contribution in [0.3, 0.4) is 0 Å². The maximum Gasteiger partial charge on any atom is 0.414 e. The number of rotatable bonds is 4. The fourth-order valence-corrected chi connectivity index (χ4v) is 6.04. The third kappa shape index (κ3) is 5.05. The van der Waals surface area contributed by atoms with Crippen molar-refractivity contribution >= 4 is 17.7 Å². The van der Waals surface area contributed by atoms with E-state index < -0.39 is 18.4 Å². The van der Waals surface area contributed by atoms with E-state index in [1.165, 1.54) is 6.20 Å². The van der Waals surface area contributed by atoms with E-state index >= 15 is 0 Å². The van der Waals surface area contributed by atoms with Crippen LogP contribution in [0.15, 0.2) is 27.5 Å². The number of morpholine rings is 1. The van der Waals surface area contributed by atoms with Gasteiger partial charge >= 0.3 is 6.18 Å². The molecule has 7 N–H and O–H groups in total. The highest BCUT2D eigenvalue weighted by Gasteiger charge is 2.48. The first-order valence-corrected chi connectivity index (χ1v) is 12.1. The topological polar surface area (TPSA) is 114 Å². The Morgan fingerprint density at radius 2 is 1.88 bits per heavy atom. The largest absolute Gasteiger partial charge is 0.414 e. The second kappa shape index (κ2) is 9.50. The second-order valence-corrected chi connectivity index (χ2v) is 9.80. The highest BCUT2D eigenvalue weighted by atomic mass is 32.2. The lowest BCUT2D eigenvalue weighted by Crippen LogP contribution is -2.62. The molecule has 0 radical (unpaired) electrons. The van der Waals surface area contributed by atoms with E-state index in [-0.39, 0.29) is 23.1 Å². The molecule has 0 aromatic carbocycles. The van der Waals surface area contributed by atoms with E-state index in [1.807, 2.05) is 0 Å². The number of fused-ring (bicyclic) bond motifs is 1. The second-order valence-electron chi connectivity index (χ2n) is 8.56. The maximum absolute atomic E-state index is 13.8. The van der Waals surface area contributed by atoms with Crippen LogP contribution in [0, 0.1) is 0 Å². The molecule has 5 heterocycles. The molecule has 184 valence electrons. The molecule has 5 aliphatic rings. The first-order chi connectivity index (χ1) is 15.9. The van der Waals surface area contributed by atoms with Crippen molar-refractivity contribution in [2.75, 3.05) is 59.0 Å². The van der Waals surface area contributed by atoms with Gasteiger partial charge in [0, 0.05) is 57.6 Å².